The zero-order chi connectivity index (χ0) is 8.67. The number of fused-ring (bicyclic) bond motifs is 2. The molecule has 2 aliphatic carbocycles. The van der Waals surface area contributed by atoms with Crippen LogP contribution in [-0.4, -0.2) is 0 Å². The molecule has 0 saturated carbocycles. The van der Waals surface area contributed by atoms with E-state index in [1.54, 1.807) is 0 Å². The number of benzene rings is 1. The molecular formula is C13H10. The summed E-state index contributed by atoms with van der Waals surface area (Å²) in [5.41, 5.74) is 2.80. The summed E-state index contributed by atoms with van der Waals surface area (Å²) in [5, 5.41) is 2.74. The Morgan fingerprint density at radius 3 is 2.85 bits per heavy atom. The standard InChI is InChI=1S/C13H10/c1-2-5-11-9-13-7-3-6-12(13)8-10(11)4-1/h1-4,6-9H,5H2. The normalized spacial score (nSPS) is 16.0. The minimum atomic E-state index is 1.08. The number of hydrogen-bond acceptors (Lipinski definition) is 0. The molecule has 0 radical (unpaired) electrons. The molecule has 13 heavy (non-hydrogen) atoms. The molecule has 0 bridgehead atoms. The van der Waals surface area contributed by atoms with Gasteiger partial charge in [-0.05, 0) is 34.1 Å². The third-order valence-electron chi connectivity index (χ3n) is 2.65. The lowest BCUT2D eigenvalue weighted by Gasteiger charge is -2.04. The van der Waals surface area contributed by atoms with Gasteiger partial charge in [0.05, 0.1) is 0 Å². The molecule has 0 fully saturated rings. The molecule has 0 amide bonds. The Kier molecular flexibility index (Phi) is 1.31. The van der Waals surface area contributed by atoms with Crippen molar-refractivity contribution in [1.29, 1.82) is 0 Å². The fraction of sp³-hybridized carbons (Fsp3) is 0.0769. The molecule has 0 aliphatic heterocycles. The van der Waals surface area contributed by atoms with Crippen LogP contribution in [-0.2, 0) is 6.42 Å². The Labute approximate surface area is 77.2 Å². The van der Waals surface area contributed by atoms with Gasteiger partial charge in [0.25, 0.3) is 0 Å². The van der Waals surface area contributed by atoms with Crippen molar-refractivity contribution in [3.8, 4) is 0 Å². The van der Waals surface area contributed by atoms with E-state index < -0.39 is 0 Å². The first-order valence-corrected chi connectivity index (χ1v) is 4.62. The van der Waals surface area contributed by atoms with Crippen LogP contribution in [0.3, 0.4) is 0 Å². The van der Waals surface area contributed by atoms with Gasteiger partial charge in [-0.2, -0.15) is 0 Å². The first kappa shape index (κ1) is 6.90. The van der Waals surface area contributed by atoms with E-state index in [9.17, 15) is 0 Å². The van der Waals surface area contributed by atoms with E-state index in [1.165, 1.54) is 21.6 Å². The van der Waals surface area contributed by atoms with Gasteiger partial charge in [0.2, 0.25) is 0 Å². The third kappa shape index (κ3) is 0.988. The summed E-state index contributed by atoms with van der Waals surface area (Å²) < 4.78 is 0. The average molecular weight is 166 g/mol. The van der Waals surface area contributed by atoms with Crippen LogP contribution in [0.1, 0.15) is 11.1 Å². The lowest BCUT2D eigenvalue weighted by Crippen LogP contribution is -2.17. The lowest BCUT2D eigenvalue weighted by atomic mass is 10.0. The van der Waals surface area contributed by atoms with Crippen LogP contribution in [0.4, 0.5) is 0 Å². The Bertz CT molecular complexity index is 528. The quantitative estimate of drug-likeness (QED) is 0.546. The van der Waals surface area contributed by atoms with Gasteiger partial charge in [-0.3, -0.25) is 0 Å². The maximum atomic E-state index is 2.30. The van der Waals surface area contributed by atoms with Crippen molar-refractivity contribution in [2.45, 2.75) is 6.42 Å². The molecule has 0 heterocycles. The van der Waals surface area contributed by atoms with E-state index in [2.05, 4.69) is 48.6 Å². The molecule has 0 heteroatoms. The van der Waals surface area contributed by atoms with Crippen LogP contribution >= 0.6 is 0 Å². The summed E-state index contributed by atoms with van der Waals surface area (Å²) >= 11 is 0. The molecule has 0 aromatic heterocycles. The van der Waals surface area contributed by atoms with Crippen molar-refractivity contribution in [2.75, 3.05) is 0 Å². The van der Waals surface area contributed by atoms with Gasteiger partial charge >= 0.3 is 0 Å². The zero-order valence-electron chi connectivity index (χ0n) is 7.33. The summed E-state index contributed by atoms with van der Waals surface area (Å²) in [6.07, 6.45) is 14.1. The Hall–Kier alpha value is -1.56. The molecule has 0 unspecified atom stereocenters. The topological polar surface area (TPSA) is 0 Å². The molecule has 2 aliphatic rings. The fourth-order valence-electron chi connectivity index (χ4n) is 1.94. The van der Waals surface area contributed by atoms with Crippen molar-refractivity contribution in [3.63, 3.8) is 0 Å². The van der Waals surface area contributed by atoms with Crippen molar-refractivity contribution < 1.29 is 0 Å². The molecule has 62 valence electrons. The van der Waals surface area contributed by atoms with Gasteiger partial charge in [0.15, 0.2) is 0 Å². The van der Waals surface area contributed by atoms with Gasteiger partial charge in [-0.25, -0.2) is 0 Å². The highest BCUT2D eigenvalue weighted by molar-refractivity contribution is 5.67. The number of allylic oxidation sites excluding steroid dienone is 3. The van der Waals surface area contributed by atoms with E-state index in [0.29, 0.717) is 0 Å². The first-order chi connectivity index (χ1) is 6.43. The molecule has 1 aromatic carbocycles. The van der Waals surface area contributed by atoms with Crippen molar-refractivity contribution >= 4 is 18.2 Å². The molecule has 0 nitrogen and oxygen atoms in total. The number of hydrogen-bond donors (Lipinski definition) is 0. The van der Waals surface area contributed by atoms with Crippen molar-refractivity contribution in [3.05, 3.63) is 51.9 Å². The maximum Gasteiger partial charge on any atom is -0.00882 e. The summed E-state index contributed by atoms with van der Waals surface area (Å²) in [5.74, 6) is 0. The summed E-state index contributed by atoms with van der Waals surface area (Å²) in [6.45, 7) is 0. The van der Waals surface area contributed by atoms with E-state index in [1.807, 2.05) is 0 Å². The van der Waals surface area contributed by atoms with Crippen LogP contribution in [0.5, 0.6) is 0 Å². The summed E-state index contributed by atoms with van der Waals surface area (Å²) in [7, 11) is 0. The summed E-state index contributed by atoms with van der Waals surface area (Å²) in [4.78, 5) is 0. The highest BCUT2D eigenvalue weighted by Crippen LogP contribution is 2.04. The van der Waals surface area contributed by atoms with Crippen molar-refractivity contribution in [1.82, 2.24) is 0 Å². The second kappa shape index (κ2) is 2.46. The van der Waals surface area contributed by atoms with Crippen LogP contribution in [0.15, 0.2) is 30.4 Å². The Balaban J connectivity index is 2.41. The average Bonchev–Trinajstić information content (AvgIpc) is 2.61. The highest BCUT2D eigenvalue weighted by Gasteiger charge is 2.02. The molecule has 1 aromatic rings. The second-order valence-corrected chi connectivity index (χ2v) is 3.50. The van der Waals surface area contributed by atoms with E-state index >= 15 is 0 Å². The SMILES string of the molecule is C1=CCc2cc3c(cc2=C1)C=CC=3. The van der Waals surface area contributed by atoms with Crippen LogP contribution in [0, 0.1) is 0 Å². The minimum absolute atomic E-state index is 1.08. The summed E-state index contributed by atoms with van der Waals surface area (Å²) in [6, 6.07) is 4.57. The van der Waals surface area contributed by atoms with Gasteiger partial charge in [0, 0.05) is 0 Å². The largest absolute Gasteiger partial charge is 0.0801 e. The Morgan fingerprint density at radius 2 is 1.85 bits per heavy atom. The third-order valence-corrected chi connectivity index (χ3v) is 2.65. The van der Waals surface area contributed by atoms with Crippen LogP contribution in [0.2, 0.25) is 0 Å². The van der Waals surface area contributed by atoms with Gasteiger partial charge in [-0.15, -0.1) is 0 Å². The molecular weight excluding hydrogens is 156 g/mol. The predicted octanol–water partition coefficient (Wildman–Crippen LogP) is 1.39. The molecule has 0 saturated heterocycles. The highest BCUT2D eigenvalue weighted by atomic mass is 14.1. The van der Waals surface area contributed by atoms with E-state index in [4.69, 9.17) is 0 Å². The van der Waals surface area contributed by atoms with E-state index in [-0.39, 0.29) is 0 Å². The van der Waals surface area contributed by atoms with Crippen LogP contribution in [0.25, 0.3) is 18.2 Å². The molecule has 0 N–H and O–H groups in total. The van der Waals surface area contributed by atoms with Gasteiger partial charge in [0.1, 0.15) is 0 Å². The number of rotatable bonds is 0. The fourth-order valence-corrected chi connectivity index (χ4v) is 1.94. The van der Waals surface area contributed by atoms with E-state index in [0.717, 1.165) is 6.42 Å². The van der Waals surface area contributed by atoms with Gasteiger partial charge < -0.3 is 0 Å². The zero-order valence-corrected chi connectivity index (χ0v) is 7.33. The van der Waals surface area contributed by atoms with Gasteiger partial charge in [-0.1, -0.05) is 42.5 Å². The predicted molar refractivity (Wildman–Crippen MR) is 56.5 cm³/mol. The smallest absolute Gasteiger partial charge is 0.00882 e. The monoisotopic (exact) mass is 166 g/mol. The minimum Gasteiger partial charge on any atom is -0.0801 e. The van der Waals surface area contributed by atoms with Crippen molar-refractivity contribution in [2.24, 2.45) is 0 Å². The maximum absolute atomic E-state index is 2.30. The molecule has 0 spiro atoms. The van der Waals surface area contributed by atoms with Crippen LogP contribution < -0.4 is 10.4 Å². The molecule has 0 atom stereocenters. The molecule has 3 rings (SSSR count). The lowest BCUT2D eigenvalue weighted by molar-refractivity contribution is 1.21. The second-order valence-electron chi connectivity index (χ2n) is 3.50. The Morgan fingerprint density at radius 1 is 0.923 bits per heavy atom. The first-order valence-electron chi connectivity index (χ1n) is 4.62.